The van der Waals surface area contributed by atoms with E-state index < -0.39 is 0 Å². The molecule has 162 valence electrons. The molecule has 2 aliphatic rings. The summed E-state index contributed by atoms with van der Waals surface area (Å²) in [7, 11) is 4.59. The number of hydrogen-bond donors (Lipinski definition) is 2. The summed E-state index contributed by atoms with van der Waals surface area (Å²) in [5, 5.41) is 6.43. The number of piperidine rings is 1. The fourth-order valence-electron chi connectivity index (χ4n) is 3.84. The number of halogens is 1. The van der Waals surface area contributed by atoms with Crippen molar-refractivity contribution in [1.82, 2.24) is 10.6 Å². The molecule has 0 aromatic heterocycles. The summed E-state index contributed by atoms with van der Waals surface area (Å²) in [5.41, 5.74) is 0.627. The van der Waals surface area contributed by atoms with E-state index in [1.54, 1.807) is 17.0 Å². The molecule has 1 aromatic rings. The van der Waals surface area contributed by atoms with Crippen LogP contribution in [0.25, 0.3) is 0 Å². The smallest absolute Gasteiger partial charge is 0.227 e. The van der Waals surface area contributed by atoms with E-state index in [1.807, 2.05) is 0 Å². The van der Waals surface area contributed by atoms with Gasteiger partial charge in [-0.15, -0.1) is 12.4 Å². The van der Waals surface area contributed by atoms with Crippen LogP contribution in [-0.2, 0) is 9.59 Å². The predicted molar refractivity (Wildman–Crippen MR) is 112 cm³/mol. The van der Waals surface area contributed by atoms with E-state index in [0.717, 1.165) is 19.5 Å². The van der Waals surface area contributed by atoms with Gasteiger partial charge in [-0.25, -0.2) is 0 Å². The first-order chi connectivity index (χ1) is 13.5. The average Bonchev–Trinajstić information content (AvgIpc) is 3.10. The van der Waals surface area contributed by atoms with Gasteiger partial charge in [-0.2, -0.15) is 0 Å². The van der Waals surface area contributed by atoms with Crippen molar-refractivity contribution in [2.75, 3.05) is 45.9 Å². The van der Waals surface area contributed by atoms with Crippen LogP contribution < -0.4 is 29.7 Å². The molecule has 29 heavy (non-hydrogen) atoms. The average molecular weight is 428 g/mol. The molecule has 3 unspecified atom stereocenters. The zero-order chi connectivity index (χ0) is 20.3. The van der Waals surface area contributed by atoms with Crippen LogP contribution in [0.1, 0.15) is 19.8 Å². The molecule has 0 radical (unpaired) electrons. The van der Waals surface area contributed by atoms with Crippen LogP contribution >= 0.6 is 12.4 Å². The lowest BCUT2D eigenvalue weighted by Crippen LogP contribution is -2.51. The number of carbonyl (C=O) groups is 2. The van der Waals surface area contributed by atoms with Crippen molar-refractivity contribution >= 4 is 29.9 Å². The van der Waals surface area contributed by atoms with Crippen LogP contribution in [0, 0.1) is 11.8 Å². The lowest BCUT2D eigenvalue weighted by molar-refractivity contribution is -0.127. The molecular weight excluding hydrogens is 398 g/mol. The molecule has 0 saturated carbocycles. The van der Waals surface area contributed by atoms with Gasteiger partial charge in [0.2, 0.25) is 17.6 Å². The molecule has 0 spiro atoms. The van der Waals surface area contributed by atoms with E-state index in [1.165, 1.54) is 21.3 Å². The van der Waals surface area contributed by atoms with Crippen molar-refractivity contribution in [3.63, 3.8) is 0 Å². The Hall–Kier alpha value is -2.19. The van der Waals surface area contributed by atoms with Crippen molar-refractivity contribution in [1.29, 1.82) is 0 Å². The molecule has 0 aliphatic carbocycles. The van der Waals surface area contributed by atoms with Crippen LogP contribution in [0.15, 0.2) is 12.1 Å². The Balaban J connectivity index is 0.00000300. The number of nitrogens with zero attached hydrogens (tertiary/aromatic N) is 1. The van der Waals surface area contributed by atoms with Crippen LogP contribution in [-0.4, -0.2) is 58.8 Å². The maximum Gasteiger partial charge on any atom is 0.227 e. The highest BCUT2D eigenvalue weighted by molar-refractivity contribution is 6.00. The third-order valence-electron chi connectivity index (χ3n) is 5.61. The second kappa shape index (κ2) is 10.0. The summed E-state index contributed by atoms with van der Waals surface area (Å²) in [4.78, 5) is 27.0. The molecule has 2 amide bonds. The van der Waals surface area contributed by atoms with E-state index in [2.05, 4.69) is 17.6 Å². The summed E-state index contributed by atoms with van der Waals surface area (Å²) < 4.78 is 16.1. The summed E-state index contributed by atoms with van der Waals surface area (Å²) in [6, 6.07) is 3.56. The van der Waals surface area contributed by atoms with Crippen LogP contribution in [0.4, 0.5) is 5.69 Å². The van der Waals surface area contributed by atoms with E-state index in [-0.39, 0.29) is 42.6 Å². The number of carbonyl (C=O) groups excluding carboxylic acids is 2. The first kappa shape index (κ1) is 23.1. The molecule has 2 aliphatic heterocycles. The van der Waals surface area contributed by atoms with E-state index in [0.29, 0.717) is 35.4 Å². The molecule has 2 N–H and O–H groups in total. The number of benzene rings is 1. The normalized spacial score (nSPS) is 23.9. The number of rotatable bonds is 6. The third-order valence-corrected chi connectivity index (χ3v) is 5.61. The molecule has 3 atom stereocenters. The van der Waals surface area contributed by atoms with Crippen LogP contribution in [0.2, 0.25) is 0 Å². The van der Waals surface area contributed by atoms with Crippen LogP contribution in [0.3, 0.4) is 0 Å². The number of anilines is 1. The topological polar surface area (TPSA) is 89.1 Å². The predicted octanol–water partition coefficient (Wildman–Crippen LogP) is 1.60. The van der Waals surface area contributed by atoms with E-state index >= 15 is 0 Å². The van der Waals surface area contributed by atoms with E-state index in [4.69, 9.17) is 14.2 Å². The van der Waals surface area contributed by atoms with Gasteiger partial charge < -0.3 is 29.7 Å². The zero-order valence-corrected chi connectivity index (χ0v) is 18.1. The minimum atomic E-state index is -0.374. The third kappa shape index (κ3) is 4.87. The largest absolute Gasteiger partial charge is 0.493 e. The first-order valence-electron chi connectivity index (χ1n) is 9.60. The fraction of sp³-hybridized carbons (Fsp3) is 0.600. The molecule has 2 saturated heterocycles. The Morgan fingerprint density at radius 2 is 1.83 bits per heavy atom. The first-order valence-corrected chi connectivity index (χ1v) is 9.60. The maximum atomic E-state index is 12.7. The van der Waals surface area contributed by atoms with Gasteiger partial charge >= 0.3 is 0 Å². The molecule has 2 fully saturated rings. The highest BCUT2D eigenvalue weighted by Gasteiger charge is 2.37. The lowest BCUT2D eigenvalue weighted by Gasteiger charge is -2.31. The second-order valence-electron chi connectivity index (χ2n) is 7.37. The summed E-state index contributed by atoms with van der Waals surface area (Å²) in [5.74, 6) is 1.30. The van der Waals surface area contributed by atoms with Crippen molar-refractivity contribution < 1.29 is 23.8 Å². The Morgan fingerprint density at radius 3 is 2.38 bits per heavy atom. The molecule has 9 heteroatoms. The van der Waals surface area contributed by atoms with Gasteiger partial charge in [0.25, 0.3) is 0 Å². The Bertz CT molecular complexity index is 720. The molecule has 1 aromatic carbocycles. The second-order valence-corrected chi connectivity index (χ2v) is 7.37. The van der Waals surface area contributed by atoms with E-state index in [9.17, 15) is 9.59 Å². The van der Waals surface area contributed by atoms with Crippen LogP contribution in [0.5, 0.6) is 17.2 Å². The molecule has 3 rings (SSSR count). The summed E-state index contributed by atoms with van der Waals surface area (Å²) in [6.45, 7) is 4.22. The number of methoxy groups -OCH3 is 3. The van der Waals surface area contributed by atoms with Crippen molar-refractivity contribution in [3.05, 3.63) is 12.1 Å². The summed E-state index contributed by atoms with van der Waals surface area (Å²) in [6.07, 6.45) is 1.23. The SMILES string of the molecule is COc1cc(N2CC(C(=O)NC3CNCCC3C)CC2=O)cc(OC)c1OC.Cl. The molecule has 2 heterocycles. The van der Waals surface area contributed by atoms with Gasteiger partial charge in [0.1, 0.15) is 0 Å². The van der Waals surface area contributed by atoms with Gasteiger partial charge in [0, 0.05) is 37.7 Å². The quantitative estimate of drug-likeness (QED) is 0.716. The molecule has 8 nitrogen and oxygen atoms in total. The highest BCUT2D eigenvalue weighted by Crippen LogP contribution is 2.42. The Kier molecular flexibility index (Phi) is 7.98. The van der Waals surface area contributed by atoms with Gasteiger partial charge in [-0.1, -0.05) is 6.92 Å². The summed E-state index contributed by atoms with van der Waals surface area (Å²) >= 11 is 0. The minimum Gasteiger partial charge on any atom is -0.493 e. The van der Waals surface area contributed by atoms with Gasteiger partial charge in [-0.05, 0) is 18.9 Å². The van der Waals surface area contributed by atoms with Crippen molar-refractivity contribution in [2.24, 2.45) is 11.8 Å². The van der Waals surface area contributed by atoms with Gasteiger partial charge in [-0.3, -0.25) is 9.59 Å². The Morgan fingerprint density at radius 1 is 1.17 bits per heavy atom. The monoisotopic (exact) mass is 427 g/mol. The molecular formula is C20H30ClN3O5. The van der Waals surface area contributed by atoms with Gasteiger partial charge in [0.05, 0.1) is 32.9 Å². The zero-order valence-electron chi connectivity index (χ0n) is 17.3. The fourth-order valence-corrected chi connectivity index (χ4v) is 3.84. The standard InChI is InChI=1S/C20H29N3O5.ClH/c1-12-5-6-21-10-15(12)22-20(25)13-7-18(24)23(11-13)14-8-16(26-2)19(28-4)17(9-14)27-3;/h8-9,12-13,15,21H,5-7,10-11H2,1-4H3,(H,22,25);1H. The lowest BCUT2D eigenvalue weighted by atomic mass is 9.94. The van der Waals surface area contributed by atoms with Crippen molar-refractivity contribution in [2.45, 2.75) is 25.8 Å². The number of amides is 2. The van der Waals surface area contributed by atoms with Gasteiger partial charge in [0.15, 0.2) is 11.5 Å². The maximum absolute atomic E-state index is 12.7. The minimum absolute atomic E-state index is 0. The van der Waals surface area contributed by atoms with Crippen molar-refractivity contribution in [3.8, 4) is 17.2 Å². The molecule has 0 bridgehead atoms. The highest BCUT2D eigenvalue weighted by atomic mass is 35.5. The number of ether oxygens (including phenoxy) is 3. The Labute approximate surface area is 177 Å². The number of nitrogens with one attached hydrogen (secondary N) is 2. The number of hydrogen-bond acceptors (Lipinski definition) is 6.